The molecule has 1 aromatic rings. The van der Waals surface area contributed by atoms with Gasteiger partial charge in [0, 0.05) is 6.92 Å². The van der Waals surface area contributed by atoms with Crippen LogP contribution in [0.4, 0.5) is 19.4 Å². The van der Waals surface area contributed by atoms with Gasteiger partial charge in [-0.05, 0) is 0 Å². The number of ether oxygens (including phenoxy) is 1. The molecule has 86 valence electrons. The molecule has 8 heteroatoms. The fourth-order valence-corrected chi connectivity index (χ4v) is 1.59. The summed E-state index contributed by atoms with van der Waals surface area (Å²) in [7, 11) is 0. The predicted molar refractivity (Wildman–Crippen MR) is 50.5 cm³/mol. The van der Waals surface area contributed by atoms with Crippen LogP contribution in [0.25, 0.3) is 0 Å². The van der Waals surface area contributed by atoms with Gasteiger partial charge in [0.2, 0.25) is 0 Å². The lowest BCUT2D eigenvalue weighted by atomic mass is 10.1. The number of fused-ring (bicyclic) bond motifs is 1. The molecule has 0 saturated heterocycles. The van der Waals surface area contributed by atoms with Crippen LogP contribution in [-0.2, 0) is 4.74 Å². The van der Waals surface area contributed by atoms with Crippen molar-refractivity contribution < 1.29 is 18.3 Å². The second kappa shape index (κ2) is 3.51. The van der Waals surface area contributed by atoms with Gasteiger partial charge in [-0.2, -0.15) is 0 Å². The third-order valence-electron chi connectivity index (χ3n) is 2.00. The Morgan fingerprint density at radius 3 is 2.88 bits per heavy atom. The van der Waals surface area contributed by atoms with E-state index in [1.54, 1.807) is 0 Å². The van der Waals surface area contributed by atoms with Crippen molar-refractivity contribution in [1.29, 1.82) is 0 Å². The number of cyclic esters (lactones) is 1. The third kappa shape index (κ3) is 1.78. The Balaban J connectivity index is 2.56. The molecule has 0 radical (unpaired) electrons. The molecule has 0 aromatic carbocycles. The molecular formula is C8H6ClF2N3O2. The Morgan fingerprint density at radius 2 is 2.25 bits per heavy atom. The molecule has 16 heavy (non-hydrogen) atoms. The average Bonchev–Trinajstić information content (AvgIpc) is 2.15. The summed E-state index contributed by atoms with van der Waals surface area (Å²) in [5.74, 6) is -3.32. The lowest BCUT2D eigenvalue weighted by Gasteiger charge is -2.29. The largest absolute Gasteiger partial charge is 0.434 e. The molecule has 2 rings (SSSR count). The fraction of sp³-hybridized carbons (Fsp3) is 0.375. The molecule has 1 atom stereocenters. The number of nitrogens with one attached hydrogen (secondary N) is 1. The second-order valence-electron chi connectivity index (χ2n) is 3.29. The molecule has 1 aliphatic rings. The van der Waals surface area contributed by atoms with Crippen LogP contribution >= 0.6 is 11.6 Å². The number of carbonyl (C=O) groups excluding carboxylic acids is 1. The van der Waals surface area contributed by atoms with Crippen molar-refractivity contribution in [2.75, 3.05) is 5.32 Å². The van der Waals surface area contributed by atoms with Gasteiger partial charge in [-0.25, -0.2) is 23.5 Å². The Hall–Kier alpha value is -1.50. The predicted octanol–water partition coefficient (Wildman–Crippen LogP) is 2.39. The first-order chi connectivity index (χ1) is 7.39. The number of aromatic nitrogens is 2. The van der Waals surface area contributed by atoms with E-state index in [4.69, 9.17) is 11.6 Å². The maximum Gasteiger partial charge on any atom is 0.413 e. The first-order valence-electron chi connectivity index (χ1n) is 4.25. The van der Waals surface area contributed by atoms with Gasteiger partial charge in [-0.1, -0.05) is 11.6 Å². The van der Waals surface area contributed by atoms with E-state index in [2.05, 4.69) is 20.0 Å². The molecule has 1 aliphatic heterocycles. The summed E-state index contributed by atoms with van der Waals surface area (Å²) in [6.07, 6.45) is -1.70. The molecule has 0 saturated carbocycles. The number of carbonyl (C=O) groups is 1. The minimum atomic E-state index is -3.26. The topological polar surface area (TPSA) is 64.1 Å². The Labute approximate surface area is 93.8 Å². The molecule has 1 N–H and O–H groups in total. The molecule has 0 fully saturated rings. The van der Waals surface area contributed by atoms with Gasteiger partial charge in [0.25, 0.3) is 5.92 Å². The van der Waals surface area contributed by atoms with E-state index in [0.29, 0.717) is 6.92 Å². The molecule has 5 nitrogen and oxygen atoms in total. The SMILES string of the molecule is CC(F)(F)C1OC(=O)Nc2ncnc(Cl)c21. The standard InChI is InChI=1S/C8H6ClF2N3O2/c1-8(10,11)4-3-5(9)12-2-13-6(3)14-7(15)16-4/h2,4H,1H3,(H,12,13,14,15). The van der Waals surface area contributed by atoms with E-state index in [1.165, 1.54) is 0 Å². The minimum absolute atomic E-state index is 0.0530. The number of halogens is 3. The van der Waals surface area contributed by atoms with Gasteiger partial charge < -0.3 is 4.74 Å². The molecule has 1 unspecified atom stereocenters. The summed E-state index contributed by atoms with van der Waals surface area (Å²) in [6, 6.07) is 0. The highest BCUT2D eigenvalue weighted by atomic mass is 35.5. The number of rotatable bonds is 1. The number of alkyl halides is 2. The van der Waals surface area contributed by atoms with Crippen molar-refractivity contribution in [1.82, 2.24) is 9.97 Å². The van der Waals surface area contributed by atoms with Crippen LogP contribution in [-0.4, -0.2) is 22.0 Å². The van der Waals surface area contributed by atoms with Gasteiger partial charge >= 0.3 is 6.09 Å². The van der Waals surface area contributed by atoms with Crippen LogP contribution in [0.3, 0.4) is 0 Å². The number of hydrogen-bond donors (Lipinski definition) is 1. The Morgan fingerprint density at radius 1 is 1.56 bits per heavy atom. The lowest BCUT2D eigenvalue weighted by Crippen LogP contribution is -2.35. The number of amides is 1. The highest BCUT2D eigenvalue weighted by Crippen LogP contribution is 2.42. The van der Waals surface area contributed by atoms with Gasteiger partial charge in [-0.15, -0.1) is 0 Å². The van der Waals surface area contributed by atoms with Crippen LogP contribution in [0.5, 0.6) is 0 Å². The van der Waals surface area contributed by atoms with Crippen LogP contribution < -0.4 is 5.32 Å². The number of nitrogens with zero attached hydrogens (tertiary/aromatic N) is 2. The van der Waals surface area contributed by atoms with E-state index in [0.717, 1.165) is 6.33 Å². The van der Waals surface area contributed by atoms with Gasteiger partial charge in [-0.3, -0.25) is 5.32 Å². The second-order valence-corrected chi connectivity index (χ2v) is 3.65. The zero-order valence-electron chi connectivity index (χ0n) is 8.00. The fourth-order valence-electron chi connectivity index (χ4n) is 1.36. The van der Waals surface area contributed by atoms with E-state index in [-0.39, 0.29) is 16.5 Å². The molecule has 0 spiro atoms. The van der Waals surface area contributed by atoms with Crippen LogP contribution in [0, 0.1) is 0 Å². The normalized spacial score (nSPS) is 19.8. The van der Waals surface area contributed by atoms with Gasteiger partial charge in [0.05, 0.1) is 5.56 Å². The highest BCUT2D eigenvalue weighted by Gasteiger charge is 2.45. The van der Waals surface area contributed by atoms with Gasteiger partial charge in [0.1, 0.15) is 17.3 Å². The maximum absolute atomic E-state index is 13.2. The summed E-state index contributed by atoms with van der Waals surface area (Å²) in [6.45, 7) is 0.628. The number of anilines is 1. The number of hydrogen-bond acceptors (Lipinski definition) is 4. The van der Waals surface area contributed by atoms with E-state index < -0.39 is 18.1 Å². The summed E-state index contributed by atoms with van der Waals surface area (Å²) in [5, 5.41) is 2.00. The minimum Gasteiger partial charge on any atom is -0.434 e. The lowest BCUT2D eigenvalue weighted by molar-refractivity contribution is -0.0987. The van der Waals surface area contributed by atoms with Crippen molar-refractivity contribution in [2.24, 2.45) is 0 Å². The smallest absolute Gasteiger partial charge is 0.413 e. The summed E-state index contributed by atoms with van der Waals surface area (Å²) >= 11 is 5.67. The van der Waals surface area contributed by atoms with Crippen molar-refractivity contribution in [2.45, 2.75) is 19.0 Å². The van der Waals surface area contributed by atoms with Gasteiger partial charge in [0.15, 0.2) is 6.10 Å². The van der Waals surface area contributed by atoms with Crippen molar-refractivity contribution in [3.05, 3.63) is 17.0 Å². The zero-order chi connectivity index (χ0) is 11.9. The zero-order valence-corrected chi connectivity index (χ0v) is 8.76. The summed E-state index contributed by atoms with van der Waals surface area (Å²) < 4.78 is 30.9. The monoisotopic (exact) mass is 249 g/mol. The van der Waals surface area contributed by atoms with Crippen LogP contribution in [0.2, 0.25) is 5.15 Å². The summed E-state index contributed by atoms with van der Waals surface area (Å²) in [5.41, 5.74) is -0.115. The Bertz CT molecular complexity index is 449. The van der Waals surface area contributed by atoms with Crippen LogP contribution in [0.15, 0.2) is 6.33 Å². The molecule has 1 amide bonds. The van der Waals surface area contributed by atoms with Crippen molar-refractivity contribution in [3.8, 4) is 0 Å². The van der Waals surface area contributed by atoms with E-state index in [1.807, 2.05) is 0 Å². The van der Waals surface area contributed by atoms with E-state index >= 15 is 0 Å². The first-order valence-corrected chi connectivity index (χ1v) is 4.63. The van der Waals surface area contributed by atoms with E-state index in [9.17, 15) is 13.6 Å². The molecular weight excluding hydrogens is 244 g/mol. The van der Waals surface area contributed by atoms with Crippen molar-refractivity contribution >= 4 is 23.5 Å². The first kappa shape index (κ1) is 11.0. The molecule has 0 aliphatic carbocycles. The summed E-state index contributed by atoms with van der Waals surface area (Å²) in [4.78, 5) is 18.2. The Kier molecular flexibility index (Phi) is 2.42. The molecule has 1 aromatic heterocycles. The quantitative estimate of drug-likeness (QED) is 0.776. The third-order valence-corrected chi connectivity index (χ3v) is 2.30. The maximum atomic E-state index is 13.2. The molecule has 0 bridgehead atoms. The van der Waals surface area contributed by atoms with Crippen LogP contribution in [0.1, 0.15) is 18.6 Å². The highest BCUT2D eigenvalue weighted by molar-refractivity contribution is 6.30. The average molecular weight is 250 g/mol. The van der Waals surface area contributed by atoms with Crippen molar-refractivity contribution in [3.63, 3.8) is 0 Å². The molecule has 2 heterocycles.